The van der Waals surface area contributed by atoms with E-state index in [-0.39, 0.29) is 22.7 Å². The highest BCUT2D eigenvalue weighted by Crippen LogP contribution is 2.39. The topological polar surface area (TPSA) is 269 Å². The second-order valence-electron chi connectivity index (χ2n) is 10.1. The molecule has 0 bridgehead atoms. The second kappa shape index (κ2) is 12.2. The number of benzene rings is 2. The van der Waals surface area contributed by atoms with E-state index in [4.69, 9.17) is 23.4 Å². The van der Waals surface area contributed by atoms with Crippen LogP contribution in [0.15, 0.2) is 45.6 Å². The minimum Gasteiger partial charge on any atom is -0.508 e. The number of aliphatic hydroxyl groups excluding tert-OH is 8. The maximum Gasteiger partial charge on any atom is 0.239 e. The Morgan fingerprint density at radius 1 is 0.674 bits per heavy atom. The normalized spacial score (nSPS) is 32.9. The van der Waals surface area contributed by atoms with Crippen LogP contribution in [0.25, 0.3) is 22.3 Å². The van der Waals surface area contributed by atoms with Gasteiger partial charge in [0.15, 0.2) is 5.76 Å². The van der Waals surface area contributed by atoms with Crippen molar-refractivity contribution < 1.29 is 74.4 Å². The summed E-state index contributed by atoms with van der Waals surface area (Å²) < 4.78 is 28.0. The predicted octanol–water partition coefficient (Wildman–Crippen LogP) is -2.77. The number of rotatable bonds is 7. The van der Waals surface area contributed by atoms with E-state index >= 15 is 0 Å². The molecular weight excluding hydrogens is 580 g/mol. The summed E-state index contributed by atoms with van der Waals surface area (Å²) in [5.74, 6) is -1.99. The van der Waals surface area contributed by atoms with Crippen molar-refractivity contribution in [3.05, 3.63) is 46.6 Å². The summed E-state index contributed by atoms with van der Waals surface area (Å²) >= 11 is 0. The number of aromatic hydroxyl groups is 2. The van der Waals surface area contributed by atoms with Crippen LogP contribution in [-0.4, -0.2) is 126 Å². The van der Waals surface area contributed by atoms with Crippen molar-refractivity contribution in [2.24, 2.45) is 0 Å². The van der Waals surface area contributed by atoms with E-state index in [0.717, 1.165) is 12.1 Å². The molecule has 10 N–H and O–H groups in total. The van der Waals surface area contributed by atoms with Gasteiger partial charge < -0.3 is 74.4 Å². The van der Waals surface area contributed by atoms with Crippen LogP contribution in [0.3, 0.4) is 0 Å². The molecule has 3 aromatic rings. The second-order valence-corrected chi connectivity index (χ2v) is 10.1. The molecule has 1 aromatic heterocycles. The van der Waals surface area contributed by atoms with Crippen molar-refractivity contribution in [1.82, 2.24) is 0 Å². The molecule has 2 fully saturated rings. The minimum absolute atomic E-state index is 0.129. The summed E-state index contributed by atoms with van der Waals surface area (Å²) in [7, 11) is 0. The van der Waals surface area contributed by atoms with Gasteiger partial charge in [0, 0.05) is 17.7 Å². The fourth-order valence-corrected chi connectivity index (χ4v) is 4.83. The third kappa shape index (κ3) is 5.73. The largest absolute Gasteiger partial charge is 0.508 e. The molecule has 16 heteroatoms. The van der Waals surface area contributed by atoms with Crippen LogP contribution < -0.4 is 14.9 Å². The number of phenols is 2. The third-order valence-electron chi connectivity index (χ3n) is 7.21. The van der Waals surface area contributed by atoms with Crippen LogP contribution >= 0.6 is 0 Å². The molecule has 16 nitrogen and oxygen atoms in total. The lowest BCUT2D eigenvalue weighted by Crippen LogP contribution is -2.60. The van der Waals surface area contributed by atoms with Gasteiger partial charge in [0.25, 0.3) is 0 Å². The first-order chi connectivity index (χ1) is 20.4. The van der Waals surface area contributed by atoms with E-state index in [1.165, 1.54) is 24.3 Å². The Bertz CT molecular complexity index is 1490. The van der Waals surface area contributed by atoms with Crippen LogP contribution in [0.4, 0.5) is 0 Å². The molecule has 2 aliphatic rings. The molecule has 10 atom stereocenters. The predicted molar refractivity (Wildman–Crippen MR) is 140 cm³/mol. The van der Waals surface area contributed by atoms with Crippen LogP contribution in [0.2, 0.25) is 0 Å². The van der Waals surface area contributed by atoms with Gasteiger partial charge in [-0.1, -0.05) is 0 Å². The molecule has 0 aliphatic carbocycles. The molecular formula is C27H30O16. The van der Waals surface area contributed by atoms with Gasteiger partial charge in [-0.15, -0.1) is 0 Å². The summed E-state index contributed by atoms with van der Waals surface area (Å²) in [6.07, 6.45) is -17.2. The van der Waals surface area contributed by atoms with Crippen molar-refractivity contribution in [3.63, 3.8) is 0 Å². The maximum atomic E-state index is 14.0. The number of hydrogen-bond acceptors (Lipinski definition) is 16. The van der Waals surface area contributed by atoms with Gasteiger partial charge in [0.1, 0.15) is 77.0 Å². The van der Waals surface area contributed by atoms with Crippen LogP contribution in [-0.2, 0) is 9.47 Å². The molecule has 234 valence electrons. The van der Waals surface area contributed by atoms with E-state index in [2.05, 4.69) is 0 Å². The molecule has 43 heavy (non-hydrogen) atoms. The summed E-state index contributed by atoms with van der Waals surface area (Å²) in [5.41, 5.74) is -1.12. The lowest BCUT2D eigenvalue weighted by molar-refractivity contribution is -0.277. The van der Waals surface area contributed by atoms with Crippen molar-refractivity contribution in [3.8, 4) is 34.3 Å². The number of ether oxygens (including phenoxy) is 4. The summed E-state index contributed by atoms with van der Waals surface area (Å²) in [4.78, 5) is 14.0. The number of fused-ring (bicyclic) bond motifs is 1. The lowest BCUT2D eigenvalue weighted by Gasteiger charge is -2.39. The minimum atomic E-state index is -1.91. The fourth-order valence-electron chi connectivity index (χ4n) is 4.83. The molecule has 0 spiro atoms. The Morgan fingerprint density at radius 3 is 1.74 bits per heavy atom. The zero-order chi connectivity index (χ0) is 31.2. The first kappa shape index (κ1) is 30.9. The molecule has 5 rings (SSSR count). The van der Waals surface area contributed by atoms with Crippen molar-refractivity contribution in [2.45, 2.75) is 61.4 Å². The lowest BCUT2D eigenvalue weighted by atomic mass is 9.99. The van der Waals surface area contributed by atoms with Crippen molar-refractivity contribution in [1.29, 1.82) is 0 Å². The van der Waals surface area contributed by atoms with Gasteiger partial charge >= 0.3 is 0 Å². The van der Waals surface area contributed by atoms with Gasteiger partial charge in [-0.05, 0) is 24.3 Å². The van der Waals surface area contributed by atoms with Gasteiger partial charge in [-0.25, -0.2) is 0 Å². The first-order valence-electron chi connectivity index (χ1n) is 13.0. The van der Waals surface area contributed by atoms with E-state index in [9.17, 15) is 55.9 Å². The van der Waals surface area contributed by atoms with E-state index in [0.29, 0.717) is 0 Å². The third-order valence-corrected chi connectivity index (χ3v) is 7.21. The van der Waals surface area contributed by atoms with Gasteiger partial charge in [-0.2, -0.15) is 0 Å². The molecule has 2 aromatic carbocycles. The van der Waals surface area contributed by atoms with E-state index in [1.54, 1.807) is 0 Å². The molecule has 2 aliphatic heterocycles. The molecule has 10 unspecified atom stereocenters. The van der Waals surface area contributed by atoms with Gasteiger partial charge in [0.05, 0.1) is 13.2 Å². The molecule has 0 saturated carbocycles. The Labute approximate surface area is 241 Å². The molecule has 3 heterocycles. The zero-order valence-corrected chi connectivity index (χ0v) is 22.1. The van der Waals surface area contributed by atoms with Gasteiger partial charge in [-0.3, -0.25) is 4.79 Å². The highest BCUT2D eigenvalue weighted by Gasteiger charge is 2.46. The first-order valence-corrected chi connectivity index (χ1v) is 13.0. The number of aliphatic hydroxyl groups is 8. The van der Waals surface area contributed by atoms with Crippen LogP contribution in [0.5, 0.6) is 23.0 Å². The standard InChI is InChI=1S/C27H30O16/c28-7-14-17(32)20(35)22(37)26(41-14)40-13-6-11(31)5-12-16(13)19(34)25(24(39-12)9-1-3-10(30)4-2-9)43-27-23(38)21(36)18(33)15(8-29)42-27/h1-6,14-15,17-18,20-23,26-33,35-38H,7-8H2. The Balaban J connectivity index is 1.64. The van der Waals surface area contributed by atoms with Crippen LogP contribution in [0, 0.1) is 0 Å². The highest BCUT2D eigenvalue weighted by molar-refractivity contribution is 5.88. The monoisotopic (exact) mass is 610 g/mol. The van der Waals surface area contributed by atoms with Crippen molar-refractivity contribution in [2.75, 3.05) is 13.2 Å². The van der Waals surface area contributed by atoms with Crippen molar-refractivity contribution >= 4 is 11.0 Å². The molecule has 2 saturated heterocycles. The summed E-state index contributed by atoms with van der Waals surface area (Å²) in [6, 6.07) is 7.26. The van der Waals surface area contributed by atoms with Crippen LogP contribution in [0.1, 0.15) is 0 Å². The maximum absolute atomic E-state index is 14.0. The van der Waals surface area contributed by atoms with E-state index in [1.807, 2.05) is 0 Å². The smallest absolute Gasteiger partial charge is 0.239 e. The average Bonchev–Trinajstić information content (AvgIpc) is 2.98. The molecule has 0 amide bonds. The Hall–Kier alpha value is -3.55. The summed E-state index contributed by atoms with van der Waals surface area (Å²) in [5, 5.41) is 100. The Morgan fingerprint density at radius 2 is 1.21 bits per heavy atom. The Kier molecular flexibility index (Phi) is 8.77. The van der Waals surface area contributed by atoms with E-state index < -0.39 is 103 Å². The van der Waals surface area contributed by atoms with Gasteiger partial charge in [0.2, 0.25) is 23.8 Å². The number of phenolic OH excluding ortho intramolecular Hbond substituents is 2. The quantitative estimate of drug-likeness (QED) is 0.130. The zero-order valence-electron chi connectivity index (χ0n) is 22.1. The average molecular weight is 611 g/mol. The number of hydrogen-bond donors (Lipinski definition) is 10. The highest BCUT2D eigenvalue weighted by atomic mass is 16.7. The fraction of sp³-hybridized carbons (Fsp3) is 0.444. The summed E-state index contributed by atoms with van der Waals surface area (Å²) in [6.45, 7) is -1.54. The SMILES string of the molecule is O=c1c(OC2OC(CO)C(O)C(O)C2O)c(-c2ccc(O)cc2)oc2cc(O)cc(OC3OC(CO)C(O)C(O)C3O)c12. The molecule has 0 radical (unpaired) electrons.